The van der Waals surface area contributed by atoms with Crippen molar-refractivity contribution in [2.75, 3.05) is 18.4 Å². The minimum Gasteiger partial charge on any atom is -0.376 e. The number of aliphatic hydroxyl groups is 2. The van der Waals surface area contributed by atoms with Crippen LogP contribution in [0.1, 0.15) is 0 Å². The highest BCUT2D eigenvalue weighted by Gasteiger charge is 2.06. The molecular formula is C5H7ClN4O2. The highest BCUT2D eigenvalue weighted by Crippen LogP contribution is 2.06. The molecule has 0 spiro atoms. The molecule has 6 nitrogen and oxygen atoms in total. The molecule has 1 aromatic heterocycles. The fourth-order valence-corrected chi connectivity index (χ4v) is 0.711. The lowest BCUT2D eigenvalue weighted by Crippen LogP contribution is -2.27. The van der Waals surface area contributed by atoms with Crippen LogP contribution in [-0.2, 0) is 0 Å². The summed E-state index contributed by atoms with van der Waals surface area (Å²) < 4.78 is 0. The van der Waals surface area contributed by atoms with Gasteiger partial charge in [0, 0.05) is 0 Å². The lowest BCUT2D eigenvalue weighted by molar-refractivity contribution is 0.220. The standard InChI is InChI=1S/C5H7ClN4O2/c6-4-7-1-8-5(9-4)10(2-11)3-12/h1,11-12H,2-3H2. The van der Waals surface area contributed by atoms with E-state index in [-0.39, 0.29) is 24.7 Å². The molecule has 0 fully saturated rings. The van der Waals surface area contributed by atoms with Crippen LogP contribution in [0.5, 0.6) is 0 Å². The van der Waals surface area contributed by atoms with E-state index in [1.165, 1.54) is 6.33 Å². The van der Waals surface area contributed by atoms with Gasteiger partial charge in [0.2, 0.25) is 11.2 Å². The normalized spacial score (nSPS) is 9.92. The Bertz CT molecular complexity index is 255. The van der Waals surface area contributed by atoms with Gasteiger partial charge in [0.25, 0.3) is 0 Å². The lowest BCUT2D eigenvalue weighted by Gasteiger charge is -2.15. The first kappa shape index (κ1) is 9.11. The molecule has 0 aliphatic carbocycles. The van der Waals surface area contributed by atoms with Crippen molar-refractivity contribution in [3.8, 4) is 0 Å². The first-order valence-corrected chi connectivity index (χ1v) is 3.47. The van der Waals surface area contributed by atoms with Crippen molar-refractivity contribution >= 4 is 17.5 Å². The van der Waals surface area contributed by atoms with Crippen molar-refractivity contribution in [3.05, 3.63) is 11.6 Å². The Morgan fingerprint density at radius 2 is 2.00 bits per heavy atom. The second kappa shape index (κ2) is 4.15. The third-order valence-corrected chi connectivity index (χ3v) is 1.34. The van der Waals surface area contributed by atoms with Crippen LogP contribution >= 0.6 is 11.6 Å². The Morgan fingerprint density at radius 3 is 2.50 bits per heavy atom. The number of hydrogen-bond donors (Lipinski definition) is 2. The zero-order chi connectivity index (χ0) is 8.97. The van der Waals surface area contributed by atoms with Crippen LogP contribution in [0.15, 0.2) is 6.33 Å². The number of halogens is 1. The Morgan fingerprint density at radius 1 is 1.33 bits per heavy atom. The maximum Gasteiger partial charge on any atom is 0.233 e. The van der Waals surface area contributed by atoms with E-state index in [4.69, 9.17) is 21.8 Å². The van der Waals surface area contributed by atoms with Crippen molar-refractivity contribution in [2.45, 2.75) is 0 Å². The predicted octanol–water partition coefficient (Wildman–Crippen LogP) is -0.769. The van der Waals surface area contributed by atoms with E-state index in [0.717, 1.165) is 4.90 Å². The van der Waals surface area contributed by atoms with Gasteiger partial charge in [-0.25, -0.2) is 9.97 Å². The van der Waals surface area contributed by atoms with Crippen LogP contribution in [0, 0.1) is 0 Å². The molecule has 0 aromatic carbocycles. The van der Waals surface area contributed by atoms with E-state index in [1.807, 2.05) is 0 Å². The summed E-state index contributed by atoms with van der Waals surface area (Å²) in [6, 6.07) is 0. The molecule has 0 atom stereocenters. The van der Waals surface area contributed by atoms with Crippen LogP contribution < -0.4 is 4.90 Å². The first-order valence-electron chi connectivity index (χ1n) is 3.09. The van der Waals surface area contributed by atoms with Crippen LogP contribution in [0.25, 0.3) is 0 Å². The molecule has 0 unspecified atom stereocenters. The van der Waals surface area contributed by atoms with Crippen LogP contribution in [0.4, 0.5) is 5.95 Å². The largest absolute Gasteiger partial charge is 0.376 e. The number of aliphatic hydroxyl groups excluding tert-OH is 2. The summed E-state index contributed by atoms with van der Waals surface area (Å²) >= 11 is 5.45. The Hall–Kier alpha value is -0.980. The number of nitrogens with zero attached hydrogens (tertiary/aromatic N) is 4. The molecule has 1 heterocycles. The highest BCUT2D eigenvalue weighted by atomic mass is 35.5. The molecule has 7 heteroatoms. The summed E-state index contributed by atoms with van der Waals surface area (Å²) in [5.74, 6) is 0.139. The van der Waals surface area contributed by atoms with Gasteiger partial charge in [-0.3, -0.25) is 4.90 Å². The third-order valence-electron chi connectivity index (χ3n) is 1.15. The summed E-state index contributed by atoms with van der Waals surface area (Å²) in [4.78, 5) is 12.0. The number of hydrogen-bond acceptors (Lipinski definition) is 6. The lowest BCUT2D eigenvalue weighted by atomic mass is 10.8. The first-order chi connectivity index (χ1) is 5.77. The monoisotopic (exact) mass is 190 g/mol. The van der Waals surface area contributed by atoms with Crippen molar-refractivity contribution in [1.29, 1.82) is 0 Å². The van der Waals surface area contributed by atoms with Gasteiger partial charge in [-0.05, 0) is 11.6 Å². The Labute approximate surface area is 73.5 Å². The number of aromatic nitrogens is 3. The molecule has 1 aromatic rings. The molecule has 0 saturated heterocycles. The Kier molecular flexibility index (Phi) is 3.15. The molecule has 0 amide bonds. The van der Waals surface area contributed by atoms with Crippen molar-refractivity contribution in [2.24, 2.45) is 0 Å². The highest BCUT2D eigenvalue weighted by molar-refractivity contribution is 6.28. The molecule has 66 valence electrons. The topological polar surface area (TPSA) is 82.4 Å². The smallest absolute Gasteiger partial charge is 0.233 e. The summed E-state index contributed by atoms with van der Waals surface area (Å²) in [6.07, 6.45) is 1.20. The van der Waals surface area contributed by atoms with E-state index < -0.39 is 0 Å². The van der Waals surface area contributed by atoms with Gasteiger partial charge in [0.05, 0.1) is 0 Å². The molecule has 12 heavy (non-hydrogen) atoms. The van der Waals surface area contributed by atoms with Gasteiger partial charge >= 0.3 is 0 Å². The van der Waals surface area contributed by atoms with Crippen LogP contribution in [0.2, 0.25) is 5.28 Å². The molecule has 0 aliphatic heterocycles. The Balaban J connectivity index is 2.85. The van der Waals surface area contributed by atoms with E-state index in [0.29, 0.717) is 0 Å². The minimum absolute atomic E-state index is 0.0203. The number of rotatable bonds is 3. The van der Waals surface area contributed by atoms with E-state index in [9.17, 15) is 0 Å². The van der Waals surface area contributed by atoms with Gasteiger partial charge in [0.1, 0.15) is 19.8 Å². The molecule has 1 rings (SSSR count). The summed E-state index contributed by atoms with van der Waals surface area (Å²) in [5, 5.41) is 17.4. The molecule has 0 bridgehead atoms. The van der Waals surface area contributed by atoms with Crippen molar-refractivity contribution in [3.63, 3.8) is 0 Å². The van der Waals surface area contributed by atoms with Gasteiger partial charge in [0.15, 0.2) is 0 Å². The van der Waals surface area contributed by atoms with Crippen LogP contribution in [-0.4, -0.2) is 38.6 Å². The van der Waals surface area contributed by atoms with Gasteiger partial charge in [-0.2, -0.15) is 4.98 Å². The molecule has 2 N–H and O–H groups in total. The average Bonchev–Trinajstić information content (AvgIpc) is 2.07. The zero-order valence-electron chi connectivity index (χ0n) is 6.05. The molecular weight excluding hydrogens is 184 g/mol. The van der Waals surface area contributed by atoms with E-state index in [2.05, 4.69) is 15.0 Å². The summed E-state index contributed by atoms with van der Waals surface area (Å²) in [6.45, 7) is -0.756. The molecule has 0 radical (unpaired) electrons. The van der Waals surface area contributed by atoms with Gasteiger partial charge in [-0.15, -0.1) is 0 Å². The summed E-state index contributed by atoms with van der Waals surface area (Å²) in [7, 11) is 0. The quantitative estimate of drug-likeness (QED) is 0.610. The predicted molar refractivity (Wildman–Crippen MR) is 41.5 cm³/mol. The molecule has 0 saturated carbocycles. The minimum atomic E-state index is -0.378. The second-order valence-electron chi connectivity index (χ2n) is 1.88. The van der Waals surface area contributed by atoms with Crippen molar-refractivity contribution < 1.29 is 10.2 Å². The average molecular weight is 191 g/mol. The summed E-state index contributed by atoms with van der Waals surface area (Å²) in [5.41, 5.74) is 0. The maximum absolute atomic E-state index is 8.69. The zero-order valence-corrected chi connectivity index (χ0v) is 6.81. The van der Waals surface area contributed by atoms with E-state index >= 15 is 0 Å². The van der Waals surface area contributed by atoms with Crippen LogP contribution in [0.3, 0.4) is 0 Å². The van der Waals surface area contributed by atoms with Crippen molar-refractivity contribution in [1.82, 2.24) is 15.0 Å². The molecule has 0 aliphatic rings. The fourth-order valence-electron chi connectivity index (χ4n) is 0.592. The third kappa shape index (κ3) is 2.00. The van der Waals surface area contributed by atoms with E-state index in [1.54, 1.807) is 0 Å². The fraction of sp³-hybridized carbons (Fsp3) is 0.400. The van der Waals surface area contributed by atoms with Gasteiger partial charge in [-0.1, -0.05) is 0 Å². The number of anilines is 1. The SMILES string of the molecule is OCN(CO)c1ncnc(Cl)n1. The van der Waals surface area contributed by atoms with Gasteiger partial charge < -0.3 is 10.2 Å². The maximum atomic E-state index is 8.69. The second-order valence-corrected chi connectivity index (χ2v) is 2.22.